The lowest BCUT2D eigenvalue weighted by Crippen LogP contribution is -2.53. The van der Waals surface area contributed by atoms with Gasteiger partial charge < -0.3 is 15.3 Å². The predicted molar refractivity (Wildman–Crippen MR) is 78.5 cm³/mol. The van der Waals surface area contributed by atoms with Crippen molar-refractivity contribution in [2.75, 3.05) is 13.1 Å². The van der Waals surface area contributed by atoms with Crippen LogP contribution in [0.1, 0.15) is 47.0 Å². The fourth-order valence-electron chi connectivity index (χ4n) is 2.82. The van der Waals surface area contributed by atoms with Gasteiger partial charge in [0.05, 0.1) is 0 Å². The van der Waals surface area contributed by atoms with Gasteiger partial charge in [0.15, 0.2) is 0 Å². The first-order valence-corrected chi connectivity index (χ1v) is 7.57. The molecule has 0 aliphatic carbocycles. The molecule has 4 atom stereocenters. The molecule has 116 valence electrons. The van der Waals surface area contributed by atoms with Gasteiger partial charge in [0.1, 0.15) is 0 Å². The molecule has 2 N–H and O–H groups in total. The molecule has 0 saturated carbocycles. The van der Waals surface area contributed by atoms with Gasteiger partial charge in [-0.2, -0.15) is 0 Å². The van der Waals surface area contributed by atoms with E-state index in [1.807, 2.05) is 11.8 Å². The Balaban J connectivity index is 2.39. The fraction of sp³-hybridized carbons (Fsp3) is 0.867. The van der Waals surface area contributed by atoms with Crippen LogP contribution in [0.25, 0.3) is 0 Å². The molecule has 1 saturated heterocycles. The van der Waals surface area contributed by atoms with Crippen molar-refractivity contribution in [3.8, 4) is 0 Å². The Morgan fingerprint density at radius 1 is 1.35 bits per heavy atom. The van der Waals surface area contributed by atoms with E-state index in [-0.39, 0.29) is 24.4 Å². The third kappa shape index (κ3) is 5.02. The summed E-state index contributed by atoms with van der Waals surface area (Å²) in [5, 5.41) is 11.6. The number of carbonyl (C=O) groups is 2. The number of nitrogens with zero attached hydrogens (tertiary/aromatic N) is 1. The van der Waals surface area contributed by atoms with E-state index in [1.54, 1.807) is 0 Å². The van der Waals surface area contributed by atoms with Gasteiger partial charge in [-0.05, 0) is 37.5 Å². The largest absolute Gasteiger partial charge is 0.481 e. The Morgan fingerprint density at radius 3 is 2.60 bits per heavy atom. The van der Waals surface area contributed by atoms with Crippen molar-refractivity contribution in [1.29, 1.82) is 0 Å². The molecule has 0 spiro atoms. The Labute approximate surface area is 121 Å². The lowest BCUT2D eigenvalue weighted by atomic mass is 9.86. The predicted octanol–water partition coefficient (Wildman–Crippen LogP) is 2.56. The Bertz CT molecular complexity index is 346. The minimum atomic E-state index is -0.782. The maximum atomic E-state index is 12.2. The molecule has 20 heavy (non-hydrogen) atoms. The minimum absolute atomic E-state index is 0.0157. The lowest BCUT2D eigenvalue weighted by Gasteiger charge is -2.41. The van der Waals surface area contributed by atoms with Crippen LogP contribution in [0.3, 0.4) is 0 Å². The van der Waals surface area contributed by atoms with Crippen LogP contribution in [-0.2, 0) is 4.79 Å². The molecule has 1 aliphatic heterocycles. The first kappa shape index (κ1) is 16.8. The monoisotopic (exact) mass is 284 g/mol. The summed E-state index contributed by atoms with van der Waals surface area (Å²) in [4.78, 5) is 24.7. The second kappa shape index (κ2) is 7.50. The maximum Gasteiger partial charge on any atom is 0.317 e. The summed E-state index contributed by atoms with van der Waals surface area (Å²) >= 11 is 0. The summed E-state index contributed by atoms with van der Waals surface area (Å²) < 4.78 is 0. The maximum absolute atomic E-state index is 12.2. The third-order valence-corrected chi connectivity index (χ3v) is 4.31. The van der Waals surface area contributed by atoms with Crippen LogP contribution in [0, 0.1) is 17.8 Å². The summed E-state index contributed by atoms with van der Waals surface area (Å²) in [6.45, 7) is 9.78. The van der Waals surface area contributed by atoms with E-state index in [9.17, 15) is 9.59 Å². The highest BCUT2D eigenvalue weighted by Gasteiger charge is 2.31. The van der Waals surface area contributed by atoms with Crippen LogP contribution in [0.15, 0.2) is 0 Å². The quantitative estimate of drug-likeness (QED) is 0.815. The van der Waals surface area contributed by atoms with E-state index in [4.69, 9.17) is 5.11 Å². The molecule has 1 rings (SSSR count). The van der Waals surface area contributed by atoms with Crippen LogP contribution in [0.4, 0.5) is 4.79 Å². The van der Waals surface area contributed by atoms with Crippen LogP contribution in [0.5, 0.6) is 0 Å². The second-order valence-electron chi connectivity index (χ2n) is 6.43. The van der Waals surface area contributed by atoms with Crippen molar-refractivity contribution in [2.45, 2.75) is 53.0 Å². The third-order valence-electron chi connectivity index (χ3n) is 4.31. The van der Waals surface area contributed by atoms with E-state index in [0.29, 0.717) is 24.8 Å². The highest BCUT2D eigenvalue weighted by atomic mass is 16.4. The molecule has 0 aromatic rings. The molecule has 0 bridgehead atoms. The number of carboxylic acids is 1. The summed E-state index contributed by atoms with van der Waals surface area (Å²) in [6, 6.07) is 0.249. The van der Waals surface area contributed by atoms with Crippen LogP contribution in [0.2, 0.25) is 0 Å². The molecule has 5 nitrogen and oxygen atoms in total. The van der Waals surface area contributed by atoms with Gasteiger partial charge in [0.2, 0.25) is 0 Å². The molecular weight excluding hydrogens is 256 g/mol. The molecule has 0 radical (unpaired) electrons. The first-order valence-electron chi connectivity index (χ1n) is 7.57. The number of nitrogens with one attached hydrogen (secondary N) is 1. The summed E-state index contributed by atoms with van der Waals surface area (Å²) in [5.74, 6) is 0.464. The van der Waals surface area contributed by atoms with E-state index in [1.165, 1.54) is 6.42 Å². The Hall–Kier alpha value is -1.26. The average Bonchev–Trinajstić information content (AvgIpc) is 2.37. The molecule has 0 aromatic heterocycles. The van der Waals surface area contributed by atoms with Crippen molar-refractivity contribution in [2.24, 2.45) is 17.8 Å². The van der Waals surface area contributed by atoms with E-state index in [2.05, 4.69) is 26.1 Å². The van der Waals surface area contributed by atoms with E-state index < -0.39 is 5.97 Å². The van der Waals surface area contributed by atoms with Gasteiger partial charge in [-0.3, -0.25) is 4.79 Å². The molecule has 1 heterocycles. The number of aliphatic carboxylic acids is 1. The average molecular weight is 284 g/mol. The lowest BCUT2D eigenvalue weighted by molar-refractivity contribution is -0.137. The fourth-order valence-corrected chi connectivity index (χ4v) is 2.82. The number of urea groups is 1. The number of likely N-dealkylation sites (tertiary alicyclic amines) is 1. The zero-order valence-corrected chi connectivity index (χ0v) is 13.1. The van der Waals surface area contributed by atoms with Gasteiger partial charge in [0, 0.05) is 25.6 Å². The number of carboxylic acid groups (broad SMARTS) is 1. The summed E-state index contributed by atoms with van der Waals surface area (Å²) in [5.41, 5.74) is 0. The van der Waals surface area contributed by atoms with Crippen molar-refractivity contribution >= 4 is 12.0 Å². The molecule has 0 aromatic carbocycles. The SMILES string of the molecule is CC(CCC(=O)O)CNC(=O)N1CC(C)CC(C)C1C. The molecule has 1 aliphatic rings. The van der Waals surface area contributed by atoms with Gasteiger partial charge >= 0.3 is 12.0 Å². The standard InChI is InChI=1S/C15H28N2O3/c1-10(5-6-14(18)19)8-16-15(20)17-9-11(2)7-12(3)13(17)4/h10-13H,5-9H2,1-4H3,(H,16,20)(H,18,19). The smallest absolute Gasteiger partial charge is 0.317 e. The molecular formula is C15H28N2O3. The highest BCUT2D eigenvalue weighted by Crippen LogP contribution is 2.26. The van der Waals surface area contributed by atoms with Crippen molar-refractivity contribution < 1.29 is 14.7 Å². The molecule has 4 unspecified atom stereocenters. The molecule has 1 fully saturated rings. The zero-order chi connectivity index (χ0) is 15.3. The van der Waals surface area contributed by atoms with Crippen molar-refractivity contribution in [1.82, 2.24) is 10.2 Å². The van der Waals surface area contributed by atoms with Crippen molar-refractivity contribution in [3.63, 3.8) is 0 Å². The first-order chi connectivity index (χ1) is 9.31. The normalized spacial score (nSPS) is 28.0. The highest BCUT2D eigenvalue weighted by molar-refractivity contribution is 5.74. The zero-order valence-electron chi connectivity index (χ0n) is 13.1. The minimum Gasteiger partial charge on any atom is -0.481 e. The van der Waals surface area contributed by atoms with Gasteiger partial charge in [-0.1, -0.05) is 20.8 Å². The summed E-state index contributed by atoms with van der Waals surface area (Å²) in [7, 11) is 0. The van der Waals surface area contributed by atoms with Gasteiger partial charge in [0.25, 0.3) is 0 Å². The Morgan fingerprint density at radius 2 is 2.00 bits per heavy atom. The van der Waals surface area contributed by atoms with Gasteiger partial charge in [-0.25, -0.2) is 4.79 Å². The molecule has 2 amide bonds. The number of carbonyl (C=O) groups excluding carboxylic acids is 1. The second-order valence-corrected chi connectivity index (χ2v) is 6.43. The number of piperidine rings is 1. The van der Waals surface area contributed by atoms with Crippen LogP contribution in [-0.4, -0.2) is 41.1 Å². The van der Waals surface area contributed by atoms with Crippen LogP contribution < -0.4 is 5.32 Å². The van der Waals surface area contributed by atoms with Crippen molar-refractivity contribution in [3.05, 3.63) is 0 Å². The van der Waals surface area contributed by atoms with Gasteiger partial charge in [-0.15, -0.1) is 0 Å². The Kier molecular flexibility index (Phi) is 6.30. The number of rotatable bonds is 5. The number of hydrogen-bond donors (Lipinski definition) is 2. The van der Waals surface area contributed by atoms with E-state index >= 15 is 0 Å². The number of amides is 2. The molecule has 5 heteroatoms. The topological polar surface area (TPSA) is 69.6 Å². The number of hydrogen-bond acceptors (Lipinski definition) is 2. The summed E-state index contributed by atoms with van der Waals surface area (Å²) in [6.07, 6.45) is 1.92. The van der Waals surface area contributed by atoms with E-state index in [0.717, 1.165) is 6.54 Å². The van der Waals surface area contributed by atoms with Crippen LogP contribution >= 0.6 is 0 Å².